The minimum Gasteiger partial charge on any atom is -0.493 e. The van der Waals surface area contributed by atoms with Crippen LogP contribution in [-0.2, 0) is 6.54 Å². The van der Waals surface area contributed by atoms with Gasteiger partial charge in [-0.3, -0.25) is 0 Å². The molecule has 1 aromatic heterocycles. The Morgan fingerprint density at radius 2 is 1.48 bits per heavy atom. The number of benzene rings is 3. The number of aryl methyl sites for hydroxylation is 1. The third kappa shape index (κ3) is 3.51. The normalized spacial score (nSPS) is 10.9. The average Bonchev–Trinajstić information content (AvgIpc) is 3.12. The molecule has 0 aliphatic heterocycles. The first-order valence-electron chi connectivity index (χ1n) is 9.45. The maximum absolute atomic E-state index is 5.54. The van der Waals surface area contributed by atoms with Crippen LogP contribution in [0.3, 0.4) is 0 Å². The molecule has 0 unspecified atom stereocenters. The van der Waals surface area contributed by atoms with E-state index in [0.717, 1.165) is 22.4 Å². The van der Waals surface area contributed by atoms with Crippen LogP contribution in [0.5, 0.6) is 17.2 Å². The van der Waals surface area contributed by atoms with Crippen molar-refractivity contribution in [3.8, 4) is 28.6 Å². The Kier molecular flexibility index (Phi) is 5.12. The van der Waals surface area contributed by atoms with Crippen molar-refractivity contribution in [3.05, 3.63) is 71.8 Å². The first kappa shape index (κ1) is 18.9. The summed E-state index contributed by atoms with van der Waals surface area (Å²) in [6, 6.07) is 20.6. The first-order valence-corrected chi connectivity index (χ1v) is 9.45. The van der Waals surface area contributed by atoms with Gasteiger partial charge >= 0.3 is 0 Å². The largest absolute Gasteiger partial charge is 0.493 e. The minimum atomic E-state index is 0.569. The van der Waals surface area contributed by atoms with Gasteiger partial charge in [0.05, 0.1) is 32.4 Å². The fourth-order valence-electron chi connectivity index (χ4n) is 3.54. The summed E-state index contributed by atoms with van der Waals surface area (Å²) in [5, 5.41) is 0. The fraction of sp³-hybridized carbons (Fsp3) is 0.208. The number of para-hydroxylation sites is 2. The van der Waals surface area contributed by atoms with Crippen LogP contribution in [0.2, 0.25) is 0 Å². The van der Waals surface area contributed by atoms with E-state index in [9.17, 15) is 0 Å². The molecule has 0 amide bonds. The van der Waals surface area contributed by atoms with Gasteiger partial charge in [0.2, 0.25) is 5.75 Å². The number of imidazole rings is 1. The van der Waals surface area contributed by atoms with E-state index >= 15 is 0 Å². The molecule has 0 radical (unpaired) electrons. The van der Waals surface area contributed by atoms with Crippen molar-refractivity contribution in [2.75, 3.05) is 21.3 Å². The van der Waals surface area contributed by atoms with Crippen LogP contribution in [0.25, 0.3) is 22.4 Å². The fourth-order valence-corrected chi connectivity index (χ4v) is 3.54. The van der Waals surface area contributed by atoms with Crippen molar-refractivity contribution in [2.24, 2.45) is 0 Å². The molecule has 0 aliphatic carbocycles. The van der Waals surface area contributed by atoms with Gasteiger partial charge in [0, 0.05) is 12.1 Å². The number of nitrogens with zero attached hydrogens (tertiary/aromatic N) is 2. The zero-order valence-electron chi connectivity index (χ0n) is 17.1. The van der Waals surface area contributed by atoms with Crippen molar-refractivity contribution in [1.29, 1.82) is 0 Å². The Balaban J connectivity index is 1.91. The van der Waals surface area contributed by atoms with Gasteiger partial charge in [-0.2, -0.15) is 0 Å². The Morgan fingerprint density at radius 1 is 0.828 bits per heavy atom. The molecule has 0 bridgehead atoms. The minimum absolute atomic E-state index is 0.569. The van der Waals surface area contributed by atoms with E-state index in [1.165, 1.54) is 11.1 Å². The summed E-state index contributed by atoms with van der Waals surface area (Å²) in [5.74, 6) is 2.64. The lowest BCUT2D eigenvalue weighted by molar-refractivity contribution is 0.324. The maximum Gasteiger partial charge on any atom is 0.203 e. The lowest BCUT2D eigenvalue weighted by atomic mass is 10.1. The Morgan fingerprint density at radius 3 is 2.10 bits per heavy atom. The van der Waals surface area contributed by atoms with Crippen molar-refractivity contribution >= 4 is 11.0 Å². The first-order chi connectivity index (χ1) is 14.1. The standard InChI is InChI=1S/C24H24N2O3/c1-16-9-11-17(12-10-16)15-26-20-8-6-5-7-19(20)25-24(26)18-13-21(27-2)23(29-4)22(14-18)28-3/h5-14H,15H2,1-4H3. The van der Waals surface area contributed by atoms with E-state index in [2.05, 4.69) is 41.8 Å². The lowest BCUT2D eigenvalue weighted by Crippen LogP contribution is -2.03. The van der Waals surface area contributed by atoms with Crippen molar-refractivity contribution in [3.63, 3.8) is 0 Å². The van der Waals surface area contributed by atoms with Gasteiger partial charge in [0.25, 0.3) is 0 Å². The smallest absolute Gasteiger partial charge is 0.203 e. The number of rotatable bonds is 6. The quantitative estimate of drug-likeness (QED) is 0.462. The van der Waals surface area contributed by atoms with Crippen LogP contribution in [0.15, 0.2) is 60.7 Å². The molecule has 5 heteroatoms. The molecule has 29 heavy (non-hydrogen) atoms. The summed E-state index contributed by atoms with van der Waals surface area (Å²) in [5.41, 5.74) is 5.39. The number of aromatic nitrogens is 2. The number of hydrogen-bond acceptors (Lipinski definition) is 4. The molecule has 0 spiro atoms. The third-order valence-corrected chi connectivity index (χ3v) is 5.04. The van der Waals surface area contributed by atoms with E-state index in [1.807, 2.05) is 30.3 Å². The molecule has 148 valence electrons. The Hall–Kier alpha value is -3.47. The second kappa shape index (κ2) is 7.87. The van der Waals surface area contributed by atoms with Crippen LogP contribution in [0.1, 0.15) is 11.1 Å². The predicted octanol–water partition coefficient (Wildman–Crippen LogP) is 5.09. The third-order valence-electron chi connectivity index (χ3n) is 5.04. The van der Waals surface area contributed by atoms with Gasteiger partial charge in [-0.05, 0) is 36.8 Å². The predicted molar refractivity (Wildman–Crippen MR) is 115 cm³/mol. The van der Waals surface area contributed by atoms with Gasteiger partial charge in [-0.1, -0.05) is 42.0 Å². The van der Waals surface area contributed by atoms with E-state index in [0.29, 0.717) is 23.8 Å². The van der Waals surface area contributed by atoms with E-state index in [1.54, 1.807) is 21.3 Å². The second-order valence-corrected chi connectivity index (χ2v) is 6.91. The molecule has 4 rings (SSSR count). The molecule has 3 aromatic carbocycles. The van der Waals surface area contributed by atoms with E-state index < -0.39 is 0 Å². The van der Waals surface area contributed by atoms with E-state index in [4.69, 9.17) is 19.2 Å². The highest BCUT2D eigenvalue weighted by Crippen LogP contribution is 2.41. The summed E-state index contributed by atoms with van der Waals surface area (Å²) in [6.07, 6.45) is 0. The zero-order chi connectivity index (χ0) is 20.4. The topological polar surface area (TPSA) is 45.5 Å². The van der Waals surface area contributed by atoms with Gasteiger partial charge in [-0.25, -0.2) is 4.98 Å². The van der Waals surface area contributed by atoms with Crippen LogP contribution in [0.4, 0.5) is 0 Å². The Bertz CT molecular complexity index is 1120. The molecule has 0 atom stereocenters. The molecule has 5 nitrogen and oxygen atoms in total. The summed E-state index contributed by atoms with van der Waals surface area (Å²) in [6.45, 7) is 2.81. The monoisotopic (exact) mass is 388 g/mol. The molecule has 0 aliphatic rings. The number of hydrogen-bond donors (Lipinski definition) is 0. The molecule has 0 fully saturated rings. The molecule has 4 aromatic rings. The van der Waals surface area contributed by atoms with Crippen LogP contribution in [-0.4, -0.2) is 30.9 Å². The second-order valence-electron chi connectivity index (χ2n) is 6.91. The van der Waals surface area contributed by atoms with Crippen LogP contribution in [0, 0.1) is 6.92 Å². The van der Waals surface area contributed by atoms with Crippen LogP contribution >= 0.6 is 0 Å². The van der Waals surface area contributed by atoms with Gasteiger partial charge in [0.15, 0.2) is 11.5 Å². The van der Waals surface area contributed by atoms with E-state index in [-0.39, 0.29) is 0 Å². The summed E-state index contributed by atoms with van der Waals surface area (Å²) < 4.78 is 18.8. The highest BCUT2D eigenvalue weighted by Gasteiger charge is 2.19. The molecule has 0 saturated carbocycles. The highest BCUT2D eigenvalue weighted by molar-refractivity contribution is 5.81. The van der Waals surface area contributed by atoms with Crippen molar-refractivity contribution < 1.29 is 14.2 Å². The summed E-state index contributed by atoms with van der Waals surface area (Å²) in [7, 11) is 4.85. The zero-order valence-corrected chi connectivity index (χ0v) is 17.1. The molecule has 0 saturated heterocycles. The van der Waals surface area contributed by atoms with Crippen molar-refractivity contribution in [1.82, 2.24) is 9.55 Å². The van der Waals surface area contributed by atoms with Gasteiger partial charge in [0.1, 0.15) is 5.82 Å². The lowest BCUT2D eigenvalue weighted by Gasteiger charge is -2.15. The SMILES string of the molecule is COc1cc(-c2nc3ccccc3n2Cc2ccc(C)cc2)cc(OC)c1OC. The van der Waals surface area contributed by atoms with Crippen molar-refractivity contribution in [2.45, 2.75) is 13.5 Å². The average molecular weight is 388 g/mol. The Labute approximate surface area is 170 Å². The summed E-state index contributed by atoms with van der Waals surface area (Å²) >= 11 is 0. The van der Waals surface area contributed by atoms with Gasteiger partial charge < -0.3 is 18.8 Å². The molecule has 1 heterocycles. The molecular weight excluding hydrogens is 364 g/mol. The summed E-state index contributed by atoms with van der Waals surface area (Å²) in [4.78, 5) is 4.91. The number of ether oxygens (including phenoxy) is 3. The maximum atomic E-state index is 5.54. The molecular formula is C24H24N2O3. The number of fused-ring (bicyclic) bond motifs is 1. The highest BCUT2D eigenvalue weighted by atomic mass is 16.5. The molecule has 0 N–H and O–H groups in total. The van der Waals surface area contributed by atoms with Crippen LogP contribution < -0.4 is 14.2 Å². The number of methoxy groups -OCH3 is 3. The van der Waals surface area contributed by atoms with Gasteiger partial charge in [-0.15, -0.1) is 0 Å².